The summed E-state index contributed by atoms with van der Waals surface area (Å²) >= 11 is 0. The Bertz CT molecular complexity index is 1270. The Morgan fingerprint density at radius 3 is 2.29 bits per heavy atom. The number of benzene rings is 3. The summed E-state index contributed by atoms with van der Waals surface area (Å²) in [5, 5.41) is 0. The summed E-state index contributed by atoms with van der Waals surface area (Å²) < 4.78 is 44.0. The van der Waals surface area contributed by atoms with E-state index in [1.165, 1.54) is 36.4 Å². The van der Waals surface area contributed by atoms with Crippen molar-refractivity contribution in [2.24, 2.45) is 0 Å². The van der Waals surface area contributed by atoms with E-state index >= 15 is 0 Å². The monoisotopic (exact) mass is 481 g/mol. The first kappa shape index (κ1) is 23.3. The highest BCUT2D eigenvalue weighted by molar-refractivity contribution is 7.92. The van der Waals surface area contributed by atoms with E-state index in [1.807, 2.05) is 6.07 Å². The van der Waals surface area contributed by atoms with Crippen molar-refractivity contribution in [3.8, 4) is 11.5 Å². The van der Waals surface area contributed by atoms with Gasteiger partial charge in [-0.15, -0.1) is 0 Å². The van der Waals surface area contributed by atoms with Gasteiger partial charge in [0, 0.05) is 23.7 Å². The molecule has 1 heterocycles. The fourth-order valence-corrected chi connectivity index (χ4v) is 4.40. The lowest BCUT2D eigenvalue weighted by atomic mass is 10.1. The quantitative estimate of drug-likeness (QED) is 0.279. The van der Waals surface area contributed by atoms with Gasteiger partial charge >= 0.3 is 5.97 Å². The second-order valence-corrected chi connectivity index (χ2v) is 9.20. The summed E-state index contributed by atoms with van der Waals surface area (Å²) in [7, 11) is -3.86. The maximum absolute atomic E-state index is 12.7. The molecule has 0 bridgehead atoms. The summed E-state index contributed by atoms with van der Waals surface area (Å²) in [6.45, 7) is 0.874. The van der Waals surface area contributed by atoms with Gasteiger partial charge in [0.25, 0.3) is 10.0 Å². The van der Waals surface area contributed by atoms with Gasteiger partial charge in [-0.05, 0) is 42.8 Å². The van der Waals surface area contributed by atoms with Crippen LogP contribution in [-0.2, 0) is 14.8 Å². The number of fused-ring (bicyclic) bond motifs is 1. The molecular weight excluding hydrogens is 458 g/mol. The summed E-state index contributed by atoms with van der Waals surface area (Å²) in [6, 6.07) is 19.2. The number of ketones is 1. The van der Waals surface area contributed by atoms with Crippen molar-refractivity contribution in [1.82, 2.24) is 0 Å². The number of carbonyl (C=O) groups is 2. The summed E-state index contributed by atoms with van der Waals surface area (Å²) in [6.07, 6.45) is 0.685. The molecule has 34 heavy (non-hydrogen) atoms. The number of nitrogens with one attached hydrogen (secondary N) is 1. The molecule has 0 unspecified atom stereocenters. The van der Waals surface area contributed by atoms with Crippen molar-refractivity contribution in [3.05, 3.63) is 83.9 Å². The minimum Gasteiger partial charge on any atom is -0.486 e. The Morgan fingerprint density at radius 1 is 0.853 bits per heavy atom. The van der Waals surface area contributed by atoms with Crippen LogP contribution in [-0.4, -0.2) is 40.0 Å². The first-order valence-electron chi connectivity index (χ1n) is 10.7. The lowest BCUT2D eigenvalue weighted by Crippen LogP contribution is -2.17. The number of hydrogen-bond donors (Lipinski definition) is 1. The largest absolute Gasteiger partial charge is 0.486 e. The SMILES string of the molecule is O=C(CCCOC(=O)c1ccc(NS(=O)(=O)c2ccc3c(c2)OCCO3)cc1)c1ccccc1. The van der Waals surface area contributed by atoms with Crippen molar-refractivity contribution < 1.29 is 32.2 Å². The van der Waals surface area contributed by atoms with E-state index in [9.17, 15) is 18.0 Å². The van der Waals surface area contributed by atoms with Crippen LogP contribution in [0.1, 0.15) is 33.6 Å². The van der Waals surface area contributed by atoms with E-state index < -0.39 is 16.0 Å². The third-order valence-electron chi connectivity index (χ3n) is 5.07. The van der Waals surface area contributed by atoms with Gasteiger partial charge in [-0.25, -0.2) is 13.2 Å². The molecule has 1 N–H and O–H groups in total. The normalized spacial score (nSPS) is 12.6. The van der Waals surface area contributed by atoms with E-state index in [2.05, 4.69) is 4.72 Å². The molecule has 3 aromatic rings. The van der Waals surface area contributed by atoms with Crippen LogP contribution in [0.15, 0.2) is 77.7 Å². The number of carbonyl (C=O) groups excluding carboxylic acids is 2. The standard InChI is InChI=1S/C25H23NO7S/c27-22(18-5-2-1-3-6-18)7-4-14-33-25(28)19-8-10-20(11-9-19)26-34(29,30)21-12-13-23-24(17-21)32-16-15-31-23/h1-3,5-6,8-13,17,26H,4,7,14-16H2. The van der Waals surface area contributed by atoms with Gasteiger partial charge in [0.2, 0.25) is 0 Å². The van der Waals surface area contributed by atoms with Gasteiger partial charge in [-0.1, -0.05) is 30.3 Å². The number of Topliss-reactive ketones (excluding diaryl/α,β-unsaturated/α-hetero) is 1. The lowest BCUT2D eigenvalue weighted by Gasteiger charge is -2.19. The summed E-state index contributed by atoms with van der Waals surface area (Å²) in [4.78, 5) is 24.3. The Labute approximate surface area is 197 Å². The van der Waals surface area contributed by atoms with Crippen LogP contribution in [0, 0.1) is 0 Å². The van der Waals surface area contributed by atoms with E-state index in [4.69, 9.17) is 14.2 Å². The topological polar surface area (TPSA) is 108 Å². The second-order valence-electron chi connectivity index (χ2n) is 7.52. The van der Waals surface area contributed by atoms with Crippen molar-refractivity contribution in [2.75, 3.05) is 24.5 Å². The lowest BCUT2D eigenvalue weighted by molar-refractivity contribution is 0.0494. The van der Waals surface area contributed by atoms with Crippen molar-refractivity contribution in [1.29, 1.82) is 0 Å². The van der Waals surface area contributed by atoms with Crippen molar-refractivity contribution in [3.63, 3.8) is 0 Å². The molecule has 0 atom stereocenters. The average Bonchev–Trinajstić information content (AvgIpc) is 2.86. The van der Waals surface area contributed by atoms with Crippen LogP contribution in [0.25, 0.3) is 0 Å². The highest BCUT2D eigenvalue weighted by Crippen LogP contribution is 2.32. The molecule has 0 saturated heterocycles. The molecule has 4 rings (SSSR count). The third kappa shape index (κ3) is 5.74. The maximum Gasteiger partial charge on any atom is 0.338 e. The highest BCUT2D eigenvalue weighted by Gasteiger charge is 2.20. The molecular formula is C25H23NO7S. The Kier molecular flexibility index (Phi) is 7.12. The molecule has 1 aliphatic rings. The summed E-state index contributed by atoms with van der Waals surface area (Å²) in [5.41, 5.74) is 1.19. The van der Waals surface area contributed by atoms with Crippen molar-refractivity contribution in [2.45, 2.75) is 17.7 Å². The number of esters is 1. The molecule has 0 aliphatic carbocycles. The molecule has 0 spiro atoms. The van der Waals surface area contributed by atoms with E-state index in [-0.39, 0.29) is 29.3 Å². The minimum atomic E-state index is -3.86. The first-order chi connectivity index (χ1) is 16.4. The predicted octanol–water partition coefficient (Wildman–Crippen LogP) is 4.08. The van der Waals surface area contributed by atoms with Crippen LogP contribution in [0.4, 0.5) is 5.69 Å². The molecule has 0 amide bonds. The second kappa shape index (κ2) is 10.4. The summed E-state index contributed by atoms with van der Waals surface area (Å²) in [5.74, 6) is 0.315. The van der Waals surface area contributed by atoms with Gasteiger partial charge < -0.3 is 14.2 Å². The Balaban J connectivity index is 1.29. The zero-order chi connectivity index (χ0) is 24.0. The van der Waals surface area contributed by atoms with E-state index in [1.54, 1.807) is 30.3 Å². The average molecular weight is 482 g/mol. The number of rotatable bonds is 9. The molecule has 0 aromatic heterocycles. The number of hydrogen-bond acceptors (Lipinski definition) is 7. The zero-order valence-corrected chi connectivity index (χ0v) is 19.0. The Hall–Kier alpha value is -3.85. The molecule has 0 radical (unpaired) electrons. The minimum absolute atomic E-state index is 0.00805. The molecule has 0 saturated carbocycles. The van der Waals surface area contributed by atoms with Crippen LogP contribution in [0.5, 0.6) is 11.5 Å². The van der Waals surface area contributed by atoms with Crippen LogP contribution >= 0.6 is 0 Å². The molecule has 9 heteroatoms. The molecule has 176 valence electrons. The smallest absolute Gasteiger partial charge is 0.338 e. The third-order valence-corrected chi connectivity index (χ3v) is 6.45. The van der Waals surface area contributed by atoms with Gasteiger partial charge in [0.1, 0.15) is 13.2 Å². The number of ether oxygens (including phenoxy) is 3. The van der Waals surface area contributed by atoms with Crippen molar-refractivity contribution >= 4 is 27.5 Å². The van der Waals surface area contributed by atoms with Gasteiger partial charge in [0.15, 0.2) is 17.3 Å². The predicted molar refractivity (Wildman–Crippen MR) is 125 cm³/mol. The highest BCUT2D eigenvalue weighted by atomic mass is 32.2. The maximum atomic E-state index is 12.7. The fraction of sp³-hybridized carbons (Fsp3) is 0.200. The molecule has 1 aliphatic heterocycles. The molecule has 0 fully saturated rings. The number of sulfonamides is 1. The van der Waals surface area contributed by atoms with Gasteiger partial charge in [-0.2, -0.15) is 0 Å². The van der Waals surface area contributed by atoms with Gasteiger partial charge in [-0.3, -0.25) is 9.52 Å². The Morgan fingerprint density at radius 2 is 1.56 bits per heavy atom. The molecule has 8 nitrogen and oxygen atoms in total. The van der Waals surface area contributed by atoms with Crippen LogP contribution in [0.3, 0.4) is 0 Å². The van der Waals surface area contributed by atoms with E-state index in [0.29, 0.717) is 42.4 Å². The van der Waals surface area contributed by atoms with E-state index in [0.717, 1.165) is 0 Å². The molecule has 3 aromatic carbocycles. The number of anilines is 1. The zero-order valence-electron chi connectivity index (χ0n) is 18.2. The first-order valence-corrected chi connectivity index (χ1v) is 12.2. The fourth-order valence-electron chi connectivity index (χ4n) is 3.33. The van der Waals surface area contributed by atoms with Crippen LogP contribution < -0.4 is 14.2 Å². The van der Waals surface area contributed by atoms with Gasteiger partial charge in [0.05, 0.1) is 17.1 Å². The van der Waals surface area contributed by atoms with Crippen LogP contribution in [0.2, 0.25) is 0 Å².